The topological polar surface area (TPSA) is 21.3 Å². The predicted molar refractivity (Wildman–Crippen MR) is 142 cm³/mol. The van der Waals surface area contributed by atoms with Gasteiger partial charge in [0.1, 0.15) is 5.75 Å². The largest absolute Gasteiger partial charge is 0.493 e. The van der Waals surface area contributed by atoms with Gasteiger partial charge in [0.15, 0.2) is 0 Å². The van der Waals surface area contributed by atoms with Crippen LogP contribution in [0.5, 0.6) is 5.75 Å². The van der Waals surface area contributed by atoms with Crippen molar-refractivity contribution in [3.8, 4) is 5.75 Å². The number of unbranched alkanes of at least 4 members (excludes halogenated alkanes) is 13. The molecule has 0 heterocycles. The van der Waals surface area contributed by atoms with Gasteiger partial charge in [0, 0.05) is 12.1 Å². The standard InChI is InChI=1S/C30H49NO/c1-3-5-6-7-8-9-10-11-12-13-14-15-16-19-24-31-26-29-28-21-18-17-20-27(28)22-23-30(29)32-25-4-2/h17-18,20-23,31H,3-16,19,24-26H2,1-2H3. The van der Waals surface area contributed by atoms with Crippen LogP contribution in [0.15, 0.2) is 36.4 Å². The number of nitrogens with one attached hydrogen (secondary N) is 1. The molecule has 0 fully saturated rings. The fourth-order valence-corrected chi connectivity index (χ4v) is 4.50. The molecule has 180 valence electrons. The molecule has 2 nitrogen and oxygen atoms in total. The Bertz CT molecular complexity index is 711. The zero-order chi connectivity index (χ0) is 22.7. The van der Waals surface area contributed by atoms with E-state index in [1.165, 1.54) is 106 Å². The Labute approximate surface area is 198 Å². The average molecular weight is 440 g/mol. The van der Waals surface area contributed by atoms with Crippen molar-refractivity contribution in [2.45, 2.75) is 117 Å². The molecule has 1 N–H and O–H groups in total. The predicted octanol–water partition coefficient (Wildman–Crippen LogP) is 9.20. The van der Waals surface area contributed by atoms with Crippen LogP contribution >= 0.6 is 0 Å². The molecule has 2 rings (SSSR count). The second-order valence-electron chi connectivity index (χ2n) is 9.38. The van der Waals surface area contributed by atoms with Gasteiger partial charge in [-0.05, 0) is 36.2 Å². The minimum Gasteiger partial charge on any atom is -0.493 e. The van der Waals surface area contributed by atoms with Crippen LogP contribution in [-0.2, 0) is 6.54 Å². The lowest BCUT2D eigenvalue weighted by atomic mass is 10.0. The molecule has 2 heteroatoms. The Morgan fingerprint density at radius 2 is 1.22 bits per heavy atom. The van der Waals surface area contributed by atoms with Crippen molar-refractivity contribution in [2.24, 2.45) is 0 Å². The maximum absolute atomic E-state index is 6.03. The third kappa shape index (κ3) is 10.9. The summed E-state index contributed by atoms with van der Waals surface area (Å²) in [5.41, 5.74) is 1.31. The van der Waals surface area contributed by atoms with Crippen LogP contribution in [0.2, 0.25) is 0 Å². The summed E-state index contributed by atoms with van der Waals surface area (Å²) in [6, 6.07) is 13.0. The molecule has 0 bridgehead atoms. The number of ether oxygens (including phenoxy) is 1. The Morgan fingerprint density at radius 1 is 0.625 bits per heavy atom. The van der Waals surface area contributed by atoms with E-state index >= 15 is 0 Å². The Hall–Kier alpha value is -1.54. The van der Waals surface area contributed by atoms with E-state index in [1.807, 2.05) is 0 Å². The molecule has 0 amide bonds. The van der Waals surface area contributed by atoms with Crippen molar-refractivity contribution in [1.29, 1.82) is 0 Å². The summed E-state index contributed by atoms with van der Waals surface area (Å²) in [6.07, 6.45) is 20.8. The van der Waals surface area contributed by atoms with Gasteiger partial charge in [-0.3, -0.25) is 0 Å². The molecular weight excluding hydrogens is 390 g/mol. The molecule has 0 aliphatic rings. The lowest BCUT2D eigenvalue weighted by Crippen LogP contribution is -2.16. The van der Waals surface area contributed by atoms with Crippen molar-refractivity contribution in [2.75, 3.05) is 13.2 Å². The van der Waals surface area contributed by atoms with E-state index < -0.39 is 0 Å². The molecule has 0 radical (unpaired) electrons. The first-order valence-electron chi connectivity index (χ1n) is 13.7. The lowest BCUT2D eigenvalue weighted by molar-refractivity contribution is 0.314. The normalized spacial score (nSPS) is 11.3. The van der Waals surface area contributed by atoms with E-state index in [0.717, 1.165) is 31.9 Å². The zero-order valence-corrected chi connectivity index (χ0v) is 21.1. The summed E-state index contributed by atoms with van der Waals surface area (Å²) >= 11 is 0. The van der Waals surface area contributed by atoms with Gasteiger partial charge in [0.2, 0.25) is 0 Å². The van der Waals surface area contributed by atoms with E-state index in [4.69, 9.17) is 4.74 Å². The fourth-order valence-electron chi connectivity index (χ4n) is 4.50. The molecule has 0 aliphatic carbocycles. The van der Waals surface area contributed by atoms with Gasteiger partial charge in [0.25, 0.3) is 0 Å². The molecule has 0 aromatic heterocycles. The van der Waals surface area contributed by atoms with Crippen LogP contribution in [0.1, 0.15) is 116 Å². The summed E-state index contributed by atoms with van der Waals surface area (Å²) in [7, 11) is 0. The van der Waals surface area contributed by atoms with Crippen LogP contribution in [0.4, 0.5) is 0 Å². The summed E-state index contributed by atoms with van der Waals surface area (Å²) in [4.78, 5) is 0. The van der Waals surface area contributed by atoms with E-state index in [2.05, 4.69) is 55.6 Å². The second-order valence-corrected chi connectivity index (χ2v) is 9.38. The number of benzene rings is 2. The van der Waals surface area contributed by atoms with Gasteiger partial charge < -0.3 is 10.1 Å². The van der Waals surface area contributed by atoms with Gasteiger partial charge in [-0.2, -0.15) is 0 Å². The molecule has 0 unspecified atom stereocenters. The van der Waals surface area contributed by atoms with Gasteiger partial charge in [-0.1, -0.05) is 128 Å². The number of fused-ring (bicyclic) bond motifs is 1. The van der Waals surface area contributed by atoms with Crippen molar-refractivity contribution < 1.29 is 4.74 Å². The van der Waals surface area contributed by atoms with Gasteiger partial charge >= 0.3 is 0 Å². The molecule has 0 spiro atoms. The third-order valence-electron chi connectivity index (χ3n) is 6.47. The van der Waals surface area contributed by atoms with Crippen molar-refractivity contribution in [3.05, 3.63) is 42.0 Å². The SMILES string of the molecule is CCCCCCCCCCCCCCCCNCc1c(OCCC)ccc2ccccc12. The van der Waals surface area contributed by atoms with E-state index in [-0.39, 0.29) is 0 Å². The monoisotopic (exact) mass is 439 g/mol. The molecule has 0 saturated carbocycles. The van der Waals surface area contributed by atoms with Crippen LogP contribution in [-0.4, -0.2) is 13.2 Å². The summed E-state index contributed by atoms with van der Waals surface area (Å²) in [5, 5.41) is 6.28. The average Bonchev–Trinajstić information content (AvgIpc) is 2.82. The Morgan fingerprint density at radius 3 is 1.84 bits per heavy atom. The van der Waals surface area contributed by atoms with Crippen molar-refractivity contribution in [3.63, 3.8) is 0 Å². The first-order valence-corrected chi connectivity index (χ1v) is 13.7. The smallest absolute Gasteiger partial charge is 0.124 e. The molecule has 0 aliphatic heterocycles. The minimum absolute atomic E-state index is 0.782. The van der Waals surface area contributed by atoms with Crippen LogP contribution in [0.25, 0.3) is 10.8 Å². The van der Waals surface area contributed by atoms with Crippen molar-refractivity contribution in [1.82, 2.24) is 5.32 Å². The van der Waals surface area contributed by atoms with Crippen LogP contribution < -0.4 is 10.1 Å². The van der Waals surface area contributed by atoms with E-state index in [0.29, 0.717) is 0 Å². The first-order chi connectivity index (χ1) is 15.9. The minimum atomic E-state index is 0.782. The van der Waals surface area contributed by atoms with Gasteiger partial charge in [0.05, 0.1) is 6.61 Å². The van der Waals surface area contributed by atoms with Gasteiger partial charge in [-0.25, -0.2) is 0 Å². The summed E-state index contributed by atoms with van der Waals surface area (Å²) in [5.74, 6) is 1.04. The summed E-state index contributed by atoms with van der Waals surface area (Å²) in [6.45, 7) is 7.22. The van der Waals surface area contributed by atoms with Gasteiger partial charge in [-0.15, -0.1) is 0 Å². The zero-order valence-electron chi connectivity index (χ0n) is 21.1. The highest BCUT2D eigenvalue weighted by Gasteiger charge is 2.08. The second kappa shape index (κ2) is 18.0. The fraction of sp³-hybridized carbons (Fsp3) is 0.667. The maximum atomic E-state index is 6.03. The van der Waals surface area contributed by atoms with Crippen LogP contribution in [0, 0.1) is 0 Å². The van der Waals surface area contributed by atoms with E-state index in [9.17, 15) is 0 Å². The highest BCUT2D eigenvalue weighted by Crippen LogP contribution is 2.28. The third-order valence-corrected chi connectivity index (χ3v) is 6.47. The number of hydrogen-bond acceptors (Lipinski definition) is 2. The maximum Gasteiger partial charge on any atom is 0.124 e. The highest BCUT2D eigenvalue weighted by atomic mass is 16.5. The molecular formula is C30H49NO. The highest BCUT2D eigenvalue weighted by molar-refractivity contribution is 5.87. The molecule has 2 aromatic rings. The Kier molecular flexibility index (Phi) is 15.0. The first kappa shape index (κ1) is 26.7. The van der Waals surface area contributed by atoms with Crippen LogP contribution in [0.3, 0.4) is 0 Å². The molecule has 2 aromatic carbocycles. The van der Waals surface area contributed by atoms with Crippen molar-refractivity contribution >= 4 is 10.8 Å². The number of hydrogen-bond donors (Lipinski definition) is 1. The molecule has 32 heavy (non-hydrogen) atoms. The summed E-state index contributed by atoms with van der Waals surface area (Å²) < 4.78 is 6.03. The Balaban J connectivity index is 1.52. The lowest BCUT2D eigenvalue weighted by Gasteiger charge is -2.15. The quantitative estimate of drug-likeness (QED) is 0.208. The molecule has 0 saturated heterocycles. The van der Waals surface area contributed by atoms with E-state index in [1.54, 1.807) is 0 Å². The number of rotatable bonds is 20. The molecule has 0 atom stereocenters.